The third kappa shape index (κ3) is 3.70. The van der Waals surface area contributed by atoms with E-state index >= 15 is 0 Å². The molecule has 4 heteroatoms. The normalized spacial score (nSPS) is 30.0. The van der Waals surface area contributed by atoms with E-state index in [1.165, 1.54) is 38.9 Å². The second kappa shape index (κ2) is 5.96. The summed E-state index contributed by atoms with van der Waals surface area (Å²) in [7, 11) is 2.16. The van der Waals surface area contributed by atoms with E-state index in [1.54, 1.807) is 0 Å². The summed E-state index contributed by atoms with van der Waals surface area (Å²) >= 11 is 0. The Hall–Kier alpha value is -0.160. The van der Waals surface area contributed by atoms with Gasteiger partial charge in [0.1, 0.15) is 0 Å². The Labute approximate surface area is 98.6 Å². The summed E-state index contributed by atoms with van der Waals surface area (Å²) in [6.45, 7) is 6.23. The smallest absolute Gasteiger partial charge is 0.0791 e. The van der Waals surface area contributed by atoms with Gasteiger partial charge >= 0.3 is 0 Å². The van der Waals surface area contributed by atoms with E-state index in [2.05, 4.69) is 22.2 Å². The highest BCUT2D eigenvalue weighted by Crippen LogP contribution is 2.08. The van der Waals surface area contributed by atoms with Crippen LogP contribution < -0.4 is 5.32 Å². The Morgan fingerprint density at radius 1 is 1.31 bits per heavy atom. The van der Waals surface area contributed by atoms with Gasteiger partial charge in [0.15, 0.2) is 0 Å². The summed E-state index contributed by atoms with van der Waals surface area (Å²) in [6, 6.07) is 0.582. The van der Waals surface area contributed by atoms with E-state index < -0.39 is 0 Å². The Morgan fingerprint density at radius 3 is 2.69 bits per heavy atom. The first kappa shape index (κ1) is 12.3. The Morgan fingerprint density at radius 2 is 2.06 bits per heavy atom. The average Bonchev–Trinajstić information content (AvgIpc) is 2.87. The zero-order valence-corrected chi connectivity index (χ0v) is 10.4. The Bertz CT molecular complexity index is 206. The van der Waals surface area contributed by atoms with Crippen LogP contribution in [0.2, 0.25) is 0 Å². The second-order valence-electron chi connectivity index (χ2n) is 5.32. The van der Waals surface area contributed by atoms with Gasteiger partial charge in [-0.3, -0.25) is 0 Å². The molecule has 0 radical (unpaired) electrons. The van der Waals surface area contributed by atoms with Crippen molar-refractivity contribution in [3.63, 3.8) is 0 Å². The standard InChI is InChI=1S/C12H25N3O/c1-14-7-4-11(9-14)13-8-12(16)10-15-5-2-3-6-15/h11-13,16H,2-10H2,1H3. The third-order valence-electron chi connectivity index (χ3n) is 3.70. The highest BCUT2D eigenvalue weighted by atomic mass is 16.3. The van der Waals surface area contributed by atoms with Gasteiger partial charge in [-0.25, -0.2) is 0 Å². The number of hydrogen-bond donors (Lipinski definition) is 2. The molecule has 16 heavy (non-hydrogen) atoms. The number of hydrogen-bond acceptors (Lipinski definition) is 4. The first-order valence-corrected chi connectivity index (χ1v) is 6.56. The molecule has 0 aromatic heterocycles. The summed E-state index contributed by atoms with van der Waals surface area (Å²) in [5.41, 5.74) is 0. The van der Waals surface area contributed by atoms with Crippen molar-refractivity contribution < 1.29 is 5.11 Å². The van der Waals surface area contributed by atoms with Crippen molar-refractivity contribution in [2.75, 3.05) is 46.3 Å². The van der Waals surface area contributed by atoms with Crippen LogP contribution >= 0.6 is 0 Å². The van der Waals surface area contributed by atoms with Crippen LogP contribution in [0.15, 0.2) is 0 Å². The number of likely N-dealkylation sites (N-methyl/N-ethyl adjacent to an activating group) is 1. The number of β-amino-alcohol motifs (C(OH)–C–C–N with tert-alkyl or cyclic N) is 1. The number of likely N-dealkylation sites (tertiary alicyclic amines) is 2. The molecule has 0 aliphatic carbocycles. The zero-order valence-electron chi connectivity index (χ0n) is 10.4. The van der Waals surface area contributed by atoms with E-state index in [9.17, 15) is 5.11 Å². The van der Waals surface area contributed by atoms with Crippen molar-refractivity contribution in [3.8, 4) is 0 Å². The number of nitrogens with one attached hydrogen (secondary N) is 1. The predicted octanol–water partition coefficient (Wildman–Crippen LogP) is -0.263. The molecule has 2 N–H and O–H groups in total. The van der Waals surface area contributed by atoms with Gasteiger partial charge in [-0.05, 0) is 45.9 Å². The summed E-state index contributed by atoms with van der Waals surface area (Å²) in [4.78, 5) is 4.71. The fraction of sp³-hybridized carbons (Fsp3) is 1.00. The van der Waals surface area contributed by atoms with Crippen LogP contribution in [0.3, 0.4) is 0 Å². The maximum absolute atomic E-state index is 9.92. The minimum Gasteiger partial charge on any atom is -0.390 e. The molecule has 2 saturated heterocycles. The summed E-state index contributed by atoms with van der Waals surface area (Å²) in [5.74, 6) is 0. The lowest BCUT2D eigenvalue weighted by molar-refractivity contribution is 0.120. The maximum Gasteiger partial charge on any atom is 0.0791 e. The molecular weight excluding hydrogens is 202 g/mol. The molecular formula is C12H25N3O. The minimum absolute atomic E-state index is 0.205. The second-order valence-corrected chi connectivity index (χ2v) is 5.32. The van der Waals surface area contributed by atoms with Crippen LogP contribution in [-0.4, -0.2) is 73.4 Å². The molecule has 94 valence electrons. The number of aliphatic hydroxyl groups is 1. The fourth-order valence-corrected chi connectivity index (χ4v) is 2.73. The molecule has 0 amide bonds. The van der Waals surface area contributed by atoms with E-state index in [0.717, 1.165) is 19.6 Å². The summed E-state index contributed by atoms with van der Waals surface area (Å²) < 4.78 is 0. The molecule has 0 saturated carbocycles. The van der Waals surface area contributed by atoms with Crippen LogP contribution in [0, 0.1) is 0 Å². The maximum atomic E-state index is 9.92. The molecule has 0 aromatic rings. The van der Waals surface area contributed by atoms with E-state index in [1.807, 2.05) is 0 Å². The summed E-state index contributed by atoms with van der Waals surface area (Å²) in [6.07, 6.45) is 3.61. The van der Waals surface area contributed by atoms with Crippen molar-refractivity contribution in [2.45, 2.75) is 31.4 Å². The summed E-state index contributed by atoms with van der Waals surface area (Å²) in [5, 5.41) is 13.4. The molecule has 2 atom stereocenters. The van der Waals surface area contributed by atoms with Gasteiger partial charge < -0.3 is 20.2 Å². The number of nitrogens with zero attached hydrogens (tertiary/aromatic N) is 2. The fourth-order valence-electron chi connectivity index (χ4n) is 2.73. The molecule has 2 rings (SSSR count). The third-order valence-corrected chi connectivity index (χ3v) is 3.70. The van der Waals surface area contributed by atoms with Gasteiger partial charge in [-0.15, -0.1) is 0 Å². The molecule has 2 aliphatic heterocycles. The van der Waals surface area contributed by atoms with Crippen LogP contribution in [0.1, 0.15) is 19.3 Å². The SMILES string of the molecule is CN1CCC(NCC(O)CN2CCCC2)C1. The van der Waals surface area contributed by atoms with Gasteiger partial charge in [0.25, 0.3) is 0 Å². The van der Waals surface area contributed by atoms with Gasteiger partial charge in [0, 0.05) is 25.7 Å². The highest BCUT2D eigenvalue weighted by Gasteiger charge is 2.20. The largest absolute Gasteiger partial charge is 0.390 e. The van der Waals surface area contributed by atoms with Gasteiger partial charge in [-0.1, -0.05) is 0 Å². The minimum atomic E-state index is -0.205. The van der Waals surface area contributed by atoms with Crippen LogP contribution in [-0.2, 0) is 0 Å². The van der Waals surface area contributed by atoms with E-state index in [0.29, 0.717) is 6.04 Å². The average molecular weight is 227 g/mol. The Kier molecular flexibility index (Phi) is 4.58. The first-order chi connectivity index (χ1) is 7.74. The first-order valence-electron chi connectivity index (χ1n) is 6.56. The molecule has 4 nitrogen and oxygen atoms in total. The number of aliphatic hydroxyl groups excluding tert-OH is 1. The lowest BCUT2D eigenvalue weighted by atomic mass is 10.2. The van der Waals surface area contributed by atoms with Crippen LogP contribution in [0.25, 0.3) is 0 Å². The molecule has 2 fully saturated rings. The molecule has 2 aliphatic rings. The van der Waals surface area contributed by atoms with Crippen molar-refractivity contribution in [2.24, 2.45) is 0 Å². The van der Waals surface area contributed by atoms with Crippen LogP contribution in [0.4, 0.5) is 0 Å². The molecule has 2 heterocycles. The monoisotopic (exact) mass is 227 g/mol. The van der Waals surface area contributed by atoms with Crippen LogP contribution in [0.5, 0.6) is 0 Å². The topological polar surface area (TPSA) is 38.7 Å². The van der Waals surface area contributed by atoms with E-state index in [-0.39, 0.29) is 6.10 Å². The van der Waals surface area contributed by atoms with Crippen molar-refractivity contribution in [1.82, 2.24) is 15.1 Å². The van der Waals surface area contributed by atoms with Crippen molar-refractivity contribution in [3.05, 3.63) is 0 Å². The van der Waals surface area contributed by atoms with Crippen molar-refractivity contribution >= 4 is 0 Å². The highest BCUT2D eigenvalue weighted by molar-refractivity contribution is 4.80. The molecule has 0 bridgehead atoms. The lowest BCUT2D eigenvalue weighted by Gasteiger charge is -2.21. The predicted molar refractivity (Wildman–Crippen MR) is 65.6 cm³/mol. The zero-order chi connectivity index (χ0) is 11.4. The quantitative estimate of drug-likeness (QED) is 0.678. The van der Waals surface area contributed by atoms with Gasteiger partial charge in [-0.2, -0.15) is 0 Å². The number of rotatable bonds is 5. The van der Waals surface area contributed by atoms with E-state index in [4.69, 9.17) is 0 Å². The van der Waals surface area contributed by atoms with Gasteiger partial charge in [0.2, 0.25) is 0 Å². The van der Waals surface area contributed by atoms with Crippen molar-refractivity contribution in [1.29, 1.82) is 0 Å². The molecule has 0 aromatic carbocycles. The molecule has 0 spiro atoms. The lowest BCUT2D eigenvalue weighted by Crippen LogP contribution is -2.41. The molecule has 2 unspecified atom stereocenters. The van der Waals surface area contributed by atoms with Gasteiger partial charge in [0.05, 0.1) is 6.10 Å². The Balaban J connectivity index is 1.58.